The van der Waals surface area contributed by atoms with Crippen molar-refractivity contribution in [3.8, 4) is 5.75 Å². The van der Waals surface area contributed by atoms with Crippen LogP contribution in [0.3, 0.4) is 0 Å². The van der Waals surface area contributed by atoms with Crippen molar-refractivity contribution in [3.05, 3.63) is 29.8 Å². The maximum atomic E-state index is 11.9. The van der Waals surface area contributed by atoms with Gasteiger partial charge in [-0.25, -0.2) is 0 Å². The number of rotatable bonds is 3. The average Bonchev–Trinajstić information content (AvgIpc) is 2.80. The summed E-state index contributed by atoms with van der Waals surface area (Å²) in [6, 6.07) is 4.86. The molecule has 0 radical (unpaired) electrons. The molecule has 0 spiro atoms. The first kappa shape index (κ1) is 12.9. The summed E-state index contributed by atoms with van der Waals surface area (Å²) in [6.07, 6.45) is -3.72. The molecular formula is C12H11F3O3. The summed E-state index contributed by atoms with van der Waals surface area (Å²) in [5.74, 6) is -0.544. The van der Waals surface area contributed by atoms with Crippen molar-refractivity contribution < 1.29 is 27.4 Å². The van der Waals surface area contributed by atoms with E-state index in [4.69, 9.17) is 4.74 Å². The first-order valence-electron chi connectivity index (χ1n) is 5.47. The maximum Gasteiger partial charge on any atom is 0.573 e. The van der Waals surface area contributed by atoms with E-state index in [9.17, 15) is 18.0 Å². The van der Waals surface area contributed by atoms with E-state index in [1.807, 2.05) is 0 Å². The zero-order valence-corrected chi connectivity index (χ0v) is 9.37. The van der Waals surface area contributed by atoms with Crippen molar-refractivity contribution >= 4 is 5.78 Å². The molecule has 1 saturated heterocycles. The van der Waals surface area contributed by atoms with Crippen molar-refractivity contribution in [2.24, 2.45) is 0 Å². The largest absolute Gasteiger partial charge is 0.573 e. The molecule has 1 heterocycles. The molecule has 6 heteroatoms. The van der Waals surface area contributed by atoms with Crippen molar-refractivity contribution in [2.45, 2.75) is 25.3 Å². The van der Waals surface area contributed by atoms with E-state index in [0.29, 0.717) is 18.6 Å². The summed E-state index contributed by atoms with van der Waals surface area (Å²) < 4.78 is 44.7. The molecule has 2 rings (SSSR count). The lowest BCUT2D eigenvalue weighted by atomic mass is 10.0. The van der Waals surface area contributed by atoms with Crippen molar-refractivity contribution in [1.29, 1.82) is 0 Å². The van der Waals surface area contributed by atoms with E-state index in [1.54, 1.807) is 0 Å². The van der Waals surface area contributed by atoms with Gasteiger partial charge in [-0.15, -0.1) is 13.2 Å². The summed E-state index contributed by atoms with van der Waals surface area (Å²) >= 11 is 0. The van der Waals surface area contributed by atoms with Gasteiger partial charge in [0.05, 0.1) is 0 Å². The quantitative estimate of drug-likeness (QED) is 0.784. The van der Waals surface area contributed by atoms with E-state index in [2.05, 4.69) is 4.74 Å². The van der Waals surface area contributed by atoms with Crippen LogP contribution in [-0.2, 0) is 4.74 Å². The number of halogens is 3. The van der Waals surface area contributed by atoms with Gasteiger partial charge >= 0.3 is 6.36 Å². The van der Waals surface area contributed by atoms with Crippen LogP contribution >= 0.6 is 0 Å². The highest BCUT2D eigenvalue weighted by Crippen LogP contribution is 2.24. The molecule has 98 valence electrons. The Labute approximate surface area is 102 Å². The normalized spacial score (nSPS) is 19.8. The minimum Gasteiger partial charge on any atom is -0.406 e. The third kappa shape index (κ3) is 3.22. The van der Waals surface area contributed by atoms with Gasteiger partial charge in [0, 0.05) is 12.2 Å². The first-order chi connectivity index (χ1) is 8.46. The van der Waals surface area contributed by atoms with E-state index in [0.717, 1.165) is 18.6 Å². The molecule has 18 heavy (non-hydrogen) atoms. The second kappa shape index (κ2) is 4.97. The van der Waals surface area contributed by atoms with Gasteiger partial charge in [0.25, 0.3) is 0 Å². The standard InChI is InChI=1S/C12H11F3O3/c13-12(14,15)18-9-5-3-8(4-6-9)11(16)10-2-1-7-17-10/h3-6,10H,1-2,7H2. The fourth-order valence-corrected chi connectivity index (χ4v) is 1.79. The number of carbonyl (C=O) groups excluding carboxylic acids is 1. The topological polar surface area (TPSA) is 35.5 Å². The fraction of sp³-hybridized carbons (Fsp3) is 0.417. The number of hydrogen-bond donors (Lipinski definition) is 0. The number of hydrogen-bond acceptors (Lipinski definition) is 3. The SMILES string of the molecule is O=C(c1ccc(OC(F)(F)F)cc1)C1CCCO1. The molecule has 0 amide bonds. The molecule has 1 aliphatic heterocycles. The van der Waals surface area contributed by atoms with Crippen LogP contribution in [0.15, 0.2) is 24.3 Å². The van der Waals surface area contributed by atoms with Crippen LogP contribution in [0.1, 0.15) is 23.2 Å². The number of benzene rings is 1. The molecule has 0 bridgehead atoms. The zero-order valence-electron chi connectivity index (χ0n) is 9.37. The highest BCUT2D eigenvalue weighted by atomic mass is 19.4. The molecule has 1 aromatic rings. The minimum atomic E-state index is -4.72. The monoisotopic (exact) mass is 260 g/mol. The smallest absolute Gasteiger partial charge is 0.406 e. The number of ether oxygens (including phenoxy) is 2. The molecular weight excluding hydrogens is 249 g/mol. The second-order valence-corrected chi connectivity index (χ2v) is 3.94. The summed E-state index contributed by atoms with van der Waals surface area (Å²) in [6.45, 7) is 0.547. The lowest BCUT2D eigenvalue weighted by Crippen LogP contribution is -2.20. The van der Waals surface area contributed by atoms with Crippen LogP contribution in [-0.4, -0.2) is 24.9 Å². The van der Waals surface area contributed by atoms with Gasteiger partial charge in [-0.3, -0.25) is 4.79 Å². The van der Waals surface area contributed by atoms with Gasteiger partial charge in [-0.05, 0) is 37.1 Å². The Morgan fingerprint density at radius 3 is 2.44 bits per heavy atom. The molecule has 0 N–H and O–H groups in total. The van der Waals surface area contributed by atoms with Crippen LogP contribution in [0.4, 0.5) is 13.2 Å². The lowest BCUT2D eigenvalue weighted by Gasteiger charge is -2.10. The number of carbonyl (C=O) groups is 1. The molecule has 1 fully saturated rings. The van der Waals surface area contributed by atoms with Gasteiger partial charge in [-0.1, -0.05) is 0 Å². The highest BCUT2D eigenvalue weighted by Gasteiger charge is 2.31. The van der Waals surface area contributed by atoms with Gasteiger partial charge in [0.15, 0.2) is 5.78 Å². The Balaban J connectivity index is 2.05. The predicted molar refractivity (Wildman–Crippen MR) is 56.4 cm³/mol. The van der Waals surface area contributed by atoms with Crippen LogP contribution in [0.5, 0.6) is 5.75 Å². The van der Waals surface area contributed by atoms with Crippen LogP contribution in [0, 0.1) is 0 Å². The third-order valence-electron chi connectivity index (χ3n) is 2.59. The number of ketones is 1. The van der Waals surface area contributed by atoms with E-state index in [1.165, 1.54) is 12.1 Å². The molecule has 1 aliphatic rings. The number of alkyl halides is 3. The zero-order chi connectivity index (χ0) is 13.2. The predicted octanol–water partition coefficient (Wildman–Crippen LogP) is 2.95. The second-order valence-electron chi connectivity index (χ2n) is 3.94. The van der Waals surface area contributed by atoms with E-state index >= 15 is 0 Å². The lowest BCUT2D eigenvalue weighted by molar-refractivity contribution is -0.274. The minimum absolute atomic E-state index is 0.203. The first-order valence-corrected chi connectivity index (χ1v) is 5.47. The van der Waals surface area contributed by atoms with Gasteiger partial charge in [0.1, 0.15) is 11.9 Å². The van der Waals surface area contributed by atoms with E-state index < -0.39 is 12.5 Å². The summed E-state index contributed by atoms with van der Waals surface area (Å²) in [4.78, 5) is 11.9. The highest BCUT2D eigenvalue weighted by molar-refractivity contribution is 5.99. The molecule has 0 aliphatic carbocycles. The van der Waals surface area contributed by atoms with Crippen LogP contribution < -0.4 is 4.74 Å². The summed E-state index contributed by atoms with van der Waals surface area (Å²) in [7, 11) is 0. The Bertz CT molecular complexity index is 419. The summed E-state index contributed by atoms with van der Waals surface area (Å²) in [5.41, 5.74) is 0.330. The molecule has 3 nitrogen and oxygen atoms in total. The molecule has 1 aromatic carbocycles. The maximum absolute atomic E-state index is 11.9. The number of Topliss-reactive ketones (excluding diaryl/α,β-unsaturated/α-hetero) is 1. The summed E-state index contributed by atoms with van der Waals surface area (Å²) in [5, 5.41) is 0. The average molecular weight is 260 g/mol. The fourth-order valence-electron chi connectivity index (χ4n) is 1.79. The van der Waals surface area contributed by atoms with Crippen molar-refractivity contribution in [3.63, 3.8) is 0 Å². The van der Waals surface area contributed by atoms with Crippen LogP contribution in [0.25, 0.3) is 0 Å². The Kier molecular flexibility index (Phi) is 3.56. The van der Waals surface area contributed by atoms with Gasteiger partial charge in [0.2, 0.25) is 0 Å². The Morgan fingerprint density at radius 1 is 1.28 bits per heavy atom. The molecule has 0 aromatic heterocycles. The molecule has 1 atom stereocenters. The van der Waals surface area contributed by atoms with Crippen molar-refractivity contribution in [2.75, 3.05) is 6.61 Å². The van der Waals surface area contributed by atoms with Gasteiger partial charge in [-0.2, -0.15) is 0 Å². The van der Waals surface area contributed by atoms with Gasteiger partial charge < -0.3 is 9.47 Å². The Morgan fingerprint density at radius 2 is 1.94 bits per heavy atom. The molecule has 0 saturated carbocycles. The van der Waals surface area contributed by atoms with Crippen molar-refractivity contribution in [1.82, 2.24) is 0 Å². The van der Waals surface area contributed by atoms with Crippen LogP contribution in [0.2, 0.25) is 0 Å². The van der Waals surface area contributed by atoms with E-state index in [-0.39, 0.29) is 11.5 Å². The molecule has 1 unspecified atom stereocenters. The third-order valence-corrected chi connectivity index (χ3v) is 2.59. The Hall–Kier alpha value is -1.56.